The van der Waals surface area contributed by atoms with Gasteiger partial charge in [-0.15, -0.1) is 0 Å². The minimum atomic E-state index is -4.84. The van der Waals surface area contributed by atoms with Crippen LogP contribution in [0.4, 0.5) is 23.2 Å². The highest BCUT2D eigenvalue weighted by atomic mass is 35.5. The van der Waals surface area contributed by atoms with Crippen molar-refractivity contribution in [3.05, 3.63) is 75.6 Å². The Morgan fingerprint density at radius 2 is 1.88 bits per heavy atom. The van der Waals surface area contributed by atoms with E-state index >= 15 is 0 Å². The lowest BCUT2D eigenvalue weighted by Gasteiger charge is -2.22. The Morgan fingerprint density at radius 1 is 1.18 bits per heavy atom. The van der Waals surface area contributed by atoms with Gasteiger partial charge in [0.2, 0.25) is 0 Å². The number of rotatable bonds is 6. The average Bonchev–Trinajstić information content (AvgIpc) is 2.78. The van der Waals surface area contributed by atoms with Gasteiger partial charge in [0.25, 0.3) is 5.91 Å². The molecule has 0 aromatic heterocycles. The molecule has 2 aromatic rings. The van der Waals surface area contributed by atoms with Crippen LogP contribution in [0.25, 0.3) is 0 Å². The number of alkyl halides is 3. The van der Waals surface area contributed by atoms with Crippen molar-refractivity contribution in [1.29, 1.82) is 5.41 Å². The van der Waals surface area contributed by atoms with Crippen LogP contribution in [-0.4, -0.2) is 24.2 Å². The van der Waals surface area contributed by atoms with E-state index < -0.39 is 34.1 Å². The molecule has 0 aliphatic heterocycles. The number of esters is 1. The van der Waals surface area contributed by atoms with Crippen molar-refractivity contribution >= 4 is 34.9 Å². The summed E-state index contributed by atoms with van der Waals surface area (Å²) >= 11 is 5.89. The summed E-state index contributed by atoms with van der Waals surface area (Å²) in [6.07, 6.45) is -2.19. The quantitative estimate of drug-likeness (QED) is 0.275. The third kappa shape index (κ3) is 5.47. The molecule has 34 heavy (non-hydrogen) atoms. The van der Waals surface area contributed by atoms with E-state index in [4.69, 9.17) is 21.7 Å². The predicted molar refractivity (Wildman–Crippen MR) is 120 cm³/mol. The first-order valence-corrected chi connectivity index (χ1v) is 10.8. The molecule has 2 aromatic carbocycles. The Labute approximate surface area is 198 Å². The number of benzene rings is 2. The van der Waals surface area contributed by atoms with Crippen LogP contribution in [0.2, 0.25) is 5.02 Å². The number of anilines is 1. The first kappa shape index (κ1) is 25.4. The van der Waals surface area contributed by atoms with Gasteiger partial charge in [0.05, 0.1) is 45.6 Å². The van der Waals surface area contributed by atoms with Crippen LogP contribution in [0.5, 0.6) is 0 Å². The van der Waals surface area contributed by atoms with Crippen LogP contribution in [-0.2, 0) is 15.7 Å². The van der Waals surface area contributed by atoms with Crippen molar-refractivity contribution in [3.8, 4) is 0 Å². The molecule has 180 valence electrons. The van der Waals surface area contributed by atoms with Crippen molar-refractivity contribution in [2.24, 2.45) is 5.92 Å². The van der Waals surface area contributed by atoms with Crippen LogP contribution >= 0.6 is 11.6 Å². The van der Waals surface area contributed by atoms with Gasteiger partial charge in [0, 0.05) is 0 Å². The number of nitrogens with one attached hydrogen (secondary N) is 2. The Balaban J connectivity index is 1.91. The van der Waals surface area contributed by atoms with Crippen LogP contribution < -0.4 is 5.32 Å². The minimum Gasteiger partial charge on any atom is -0.466 e. The van der Waals surface area contributed by atoms with Gasteiger partial charge in [-0.1, -0.05) is 29.8 Å². The molecule has 1 atom stereocenters. The molecular weight excluding hydrogens is 476 g/mol. The number of hydrogen-bond acceptors (Lipinski definition) is 4. The van der Waals surface area contributed by atoms with E-state index in [2.05, 4.69) is 5.32 Å². The Morgan fingerprint density at radius 3 is 2.50 bits per heavy atom. The molecule has 5 nitrogen and oxygen atoms in total. The molecule has 1 aliphatic carbocycles. The zero-order chi connectivity index (χ0) is 25.0. The Bertz CT molecular complexity index is 1160. The molecule has 1 aliphatic rings. The summed E-state index contributed by atoms with van der Waals surface area (Å²) in [7, 11) is 0. The maximum atomic E-state index is 14.8. The number of hydrogen-bond donors (Lipinski definition) is 2. The normalized spacial score (nSPS) is 15.9. The molecule has 0 heterocycles. The van der Waals surface area contributed by atoms with E-state index in [9.17, 15) is 27.2 Å². The lowest BCUT2D eigenvalue weighted by atomic mass is 9.85. The molecule has 1 amide bonds. The topological polar surface area (TPSA) is 79.2 Å². The second kappa shape index (κ2) is 10.4. The third-order valence-corrected chi connectivity index (χ3v) is 5.72. The average molecular weight is 497 g/mol. The first-order chi connectivity index (χ1) is 16.0. The highest BCUT2D eigenvalue weighted by Crippen LogP contribution is 2.36. The first-order valence-electron chi connectivity index (χ1n) is 10.4. The third-order valence-electron chi connectivity index (χ3n) is 5.41. The Kier molecular flexibility index (Phi) is 7.76. The maximum Gasteiger partial charge on any atom is 0.417 e. The Hall–Kier alpha value is -3.20. The molecule has 0 fully saturated rings. The van der Waals surface area contributed by atoms with Crippen molar-refractivity contribution in [2.75, 3.05) is 11.9 Å². The molecule has 0 spiro atoms. The van der Waals surface area contributed by atoms with E-state index in [-0.39, 0.29) is 35.5 Å². The van der Waals surface area contributed by atoms with Crippen molar-refractivity contribution in [1.82, 2.24) is 0 Å². The molecule has 0 radical (unpaired) electrons. The minimum absolute atomic E-state index is 0.170. The molecule has 0 saturated carbocycles. The maximum absolute atomic E-state index is 14.8. The summed E-state index contributed by atoms with van der Waals surface area (Å²) < 4.78 is 60.0. The largest absolute Gasteiger partial charge is 0.466 e. The van der Waals surface area contributed by atoms with E-state index in [0.717, 1.165) is 24.3 Å². The molecule has 10 heteroatoms. The van der Waals surface area contributed by atoms with Crippen molar-refractivity contribution in [2.45, 2.75) is 32.4 Å². The summed E-state index contributed by atoms with van der Waals surface area (Å²) in [4.78, 5) is 24.7. The summed E-state index contributed by atoms with van der Waals surface area (Å²) in [5.74, 6) is -2.72. The summed E-state index contributed by atoms with van der Waals surface area (Å²) in [5, 5.41) is 10.4. The van der Waals surface area contributed by atoms with E-state index in [1.807, 2.05) is 0 Å². The summed E-state index contributed by atoms with van der Waals surface area (Å²) in [5.41, 5.74) is -2.24. The molecule has 2 N–H and O–H groups in total. The van der Waals surface area contributed by atoms with Gasteiger partial charge in [0.1, 0.15) is 5.82 Å². The van der Waals surface area contributed by atoms with E-state index in [1.54, 1.807) is 13.0 Å². The van der Waals surface area contributed by atoms with Gasteiger partial charge < -0.3 is 10.1 Å². The molecule has 3 rings (SSSR count). The predicted octanol–water partition coefficient (Wildman–Crippen LogP) is 6.41. The van der Waals surface area contributed by atoms with Crippen molar-refractivity contribution < 1.29 is 31.9 Å². The standard InChI is InChI=1S/C24H21ClF4N2O3/c1-2-34-23(33)14-11-9-13(10-12-14)21(30)20-17(26)7-4-8-18(20)31-22(32)19-15(24(27,28)29)5-3-6-16(19)25/h3-9,14,30H,2,10-12H2,1H3,(H,31,32). The summed E-state index contributed by atoms with van der Waals surface area (Å²) in [6.45, 7) is 1.95. The number of allylic oxidation sites excluding steroid dienone is 2. The van der Waals surface area contributed by atoms with Crippen LogP contribution in [0, 0.1) is 17.1 Å². The molecular formula is C24H21ClF4N2O3. The van der Waals surface area contributed by atoms with E-state index in [1.165, 1.54) is 12.1 Å². The second-order valence-corrected chi connectivity index (χ2v) is 8.01. The lowest BCUT2D eigenvalue weighted by molar-refractivity contribution is -0.148. The van der Waals surface area contributed by atoms with Gasteiger partial charge in [-0.3, -0.25) is 15.0 Å². The van der Waals surface area contributed by atoms with Gasteiger partial charge in [-0.25, -0.2) is 4.39 Å². The smallest absolute Gasteiger partial charge is 0.417 e. The number of halogens is 5. The fourth-order valence-corrected chi connectivity index (χ4v) is 4.01. The molecule has 1 unspecified atom stereocenters. The number of carbonyl (C=O) groups excluding carboxylic acids is 2. The lowest BCUT2D eigenvalue weighted by Crippen LogP contribution is -2.23. The van der Waals surface area contributed by atoms with Crippen LogP contribution in [0.15, 0.2) is 48.0 Å². The second-order valence-electron chi connectivity index (χ2n) is 7.60. The van der Waals surface area contributed by atoms with Crippen LogP contribution in [0.1, 0.15) is 47.7 Å². The highest BCUT2D eigenvalue weighted by Gasteiger charge is 2.36. The monoisotopic (exact) mass is 496 g/mol. The van der Waals surface area contributed by atoms with Gasteiger partial charge in [-0.05, 0) is 56.0 Å². The highest BCUT2D eigenvalue weighted by molar-refractivity contribution is 6.34. The number of carbonyl (C=O) groups is 2. The zero-order valence-electron chi connectivity index (χ0n) is 18.1. The fourth-order valence-electron chi connectivity index (χ4n) is 3.75. The van der Waals surface area contributed by atoms with Gasteiger partial charge >= 0.3 is 12.1 Å². The number of ether oxygens (including phenoxy) is 1. The van der Waals surface area contributed by atoms with Crippen molar-refractivity contribution in [3.63, 3.8) is 0 Å². The SMILES string of the molecule is CCOC(=O)C1CC=C(C(=N)c2c(F)cccc2NC(=O)c2c(Cl)cccc2C(F)(F)F)CC1. The summed E-state index contributed by atoms with van der Waals surface area (Å²) in [6, 6.07) is 6.59. The zero-order valence-corrected chi connectivity index (χ0v) is 18.8. The van der Waals surface area contributed by atoms with Crippen LogP contribution in [0.3, 0.4) is 0 Å². The van der Waals surface area contributed by atoms with Gasteiger partial charge in [0.15, 0.2) is 0 Å². The van der Waals surface area contributed by atoms with E-state index in [0.29, 0.717) is 24.8 Å². The molecule has 0 saturated heterocycles. The number of amides is 1. The molecule has 0 bridgehead atoms. The fraction of sp³-hybridized carbons (Fsp3) is 0.292. The van der Waals surface area contributed by atoms with Gasteiger partial charge in [-0.2, -0.15) is 13.2 Å².